The predicted molar refractivity (Wildman–Crippen MR) is 74.0 cm³/mol. The third-order valence-electron chi connectivity index (χ3n) is 2.81. The first-order chi connectivity index (χ1) is 8.60. The van der Waals surface area contributed by atoms with Gasteiger partial charge in [0, 0.05) is 12.5 Å². The molecule has 1 rings (SSSR count). The number of hydrogen-bond acceptors (Lipinski definition) is 3. The molecule has 0 amide bonds. The van der Waals surface area contributed by atoms with Crippen molar-refractivity contribution < 1.29 is 9.53 Å². The van der Waals surface area contributed by atoms with E-state index in [4.69, 9.17) is 10.5 Å². The van der Waals surface area contributed by atoms with E-state index >= 15 is 0 Å². The Balaban J connectivity index is 2.96. The first-order valence-electron chi connectivity index (χ1n) is 6.60. The molecule has 0 spiro atoms. The van der Waals surface area contributed by atoms with E-state index in [2.05, 4.69) is 6.92 Å². The Morgan fingerprint density at radius 1 is 1.33 bits per heavy atom. The van der Waals surface area contributed by atoms with Crippen molar-refractivity contribution in [2.75, 3.05) is 6.54 Å². The zero-order valence-corrected chi connectivity index (χ0v) is 11.5. The number of nitrogens with two attached hydrogens (primary N) is 1. The van der Waals surface area contributed by atoms with Gasteiger partial charge in [0.15, 0.2) is 5.78 Å². The number of para-hydroxylation sites is 1. The topological polar surface area (TPSA) is 52.3 Å². The molecule has 0 bridgehead atoms. The Hall–Kier alpha value is -1.35. The zero-order valence-electron chi connectivity index (χ0n) is 11.5. The molecule has 0 aliphatic carbocycles. The van der Waals surface area contributed by atoms with Crippen molar-refractivity contribution in [2.24, 2.45) is 11.7 Å². The summed E-state index contributed by atoms with van der Waals surface area (Å²) < 4.78 is 5.68. The molecular formula is C15H23NO2. The minimum Gasteiger partial charge on any atom is -0.490 e. The Bertz CT molecular complexity index is 388. The van der Waals surface area contributed by atoms with Gasteiger partial charge in [0.2, 0.25) is 0 Å². The van der Waals surface area contributed by atoms with Gasteiger partial charge in [0.25, 0.3) is 0 Å². The Kier molecular flexibility index (Phi) is 5.86. The fourth-order valence-corrected chi connectivity index (χ4v) is 1.95. The lowest BCUT2D eigenvalue weighted by Gasteiger charge is -2.17. The molecule has 18 heavy (non-hydrogen) atoms. The van der Waals surface area contributed by atoms with Crippen LogP contribution < -0.4 is 10.5 Å². The van der Waals surface area contributed by atoms with E-state index in [0.717, 1.165) is 12.8 Å². The van der Waals surface area contributed by atoms with Crippen LogP contribution in [0.25, 0.3) is 0 Å². The first-order valence-corrected chi connectivity index (χ1v) is 6.60. The van der Waals surface area contributed by atoms with Crippen molar-refractivity contribution in [2.45, 2.75) is 39.7 Å². The molecule has 0 heterocycles. The SMILES string of the molecule is CCCC(CN)C(=O)c1ccccc1OC(C)C. The van der Waals surface area contributed by atoms with Crippen molar-refractivity contribution in [1.29, 1.82) is 0 Å². The lowest BCUT2D eigenvalue weighted by atomic mass is 9.93. The highest BCUT2D eigenvalue weighted by Crippen LogP contribution is 2.24. The molecule has 1 atom stereocenters. The summed E-state index contributed by atoms with van der Waals surface area (Å²) in [6.45, 7) is 6.36. The summed E-state index contributed by atoms with van der Waals surface area (Å²) in [5.41, 5.74) is 6.34. The van der Waals surface area contributed by atoms with Crippen LogP contribution in [0, 0.1) is 5.92 Å². The molecule has 0 aromatic heterocycles. The number of carbonyl (C=O) groups is 1. The molecule has 0 aliphatic rings. The van der Waals surface area contributed by atoms with Gasteiger partial charge in [-0.1, -0.05) is 25.5 Å². The van der Waals surface area contributed by atoms with Crippen LogP contribution >= 0.6 is 0 Å². The third-order valence-corrected chi connectivity index (χ3v) is 2.81. The van der Waals surface area contributed by atoms with Crippen molar-refractivity contribution in [3.63, 3.8) is 0 Å². The van der Waals surface area contributed by atoms with Gasteiger partial charge in [0.05, 0.1) is 11.7 Å². The lowest BCUT2D eigenvalue weighted by molar-refractivity contribution is 0.0911. The average molecular weight is 249 g/mol. The normalized spacial score (nSPS) is 12.5. The van der Waals surface area contributed by atoms with Crippen molar-refractivity contribution in [1.82, 2.24) is 0 Å². The highest BCUT2D eigenvalue weighted by atomic mass is 16.5. The monoisotopic (exact) mass is 249 g/mol. The Morgan fingerprint density at radius 3 is 2.56 bits per heavy atom. The summed E-state index contributed by atoms with van der Waals surface area (Å²) in [7, 11) is 0. The summed E-state index contributed by atoms with van der Waals surface area (Å²) in [5.74, 6) is 0.648. The highest BCUT2D eigenvalue weighted by Gasteiger charge is 2.21. The Morgan fingerprint density at radius 2 is 2.00 bits per heavy atom. The van der Waals surface area contributed by atoms with Crippen molar-refractivity contribution in [3.8, 4) is 5.75 Å². The zero-order chi connectivity index (χ0) is 13.5. The quantitative estimate of drug-likeness (QED) is 0.756. The number of benzene rings is 1. The van der Waals surface area contributed by atoms with Crippen LogP contribution in [0.1, 0.15) is 44.0 Å². The lowest BCUT2D eigenvalue weighted by Crippen LogP contribution is -2.24. The van der Waals surface area contributed by atoms with E-state index in [1.54, 1.807) is 0 Å². The maximum atomic E-state index is 12.4. The fourth-order valence-electron chi connectivity index (χ4n) is 1.95. The van der Waals surface area contributed by atoms with E-state index in [-0.39, 0.29) is 17.8 Å². The number of ether oxygens (including phenoxy) is 1. The number of hydrogen-bond donors (Lipinski definition) is 1. The third kappa shape index (κ3) is 3.84. The summed E-state index contributed by atoms with van der Waals surface area (Å²) in [4.78, 5) is 12.4. The fraction of sp³-hybridized carbons (Fsp3) is 0.533. The van der Waals surface area contributed by atoms with Crippen molar-refractivity contribution in [3.05, 3.63) is 29.8 Å². The average Bonchev–Trinajstić information content (AvgIpc) is 2.35. The molecule has 1 unspecified atom stereocenters. The number of ketones is 1. The van der Waals surface area contributed by atoms with Gasteiger partial charge in [-0.05, 0) is 32.4 Å². The van der Waals surface area contributed by atoms with Crippen LogP contribution in [0.2, 0.25) is 0 Å². The predicted octanol–water partition coefficient (Wildman–Crippen LogP) is 3.03. The molecule has 3 nitrogen and oxygen atoms in total. The molecule has 0 saturated carbocycles. The van der Waals surface area contributed by atoms with Gasteiger partial charge < -0.3 is 10.5 Å². The van der Waals surface area contributed by atoms with Gasteiger partial charge in [-0.3, -0.25) is 4.79 Å². The number of Topliss-reactive ketones (excluding diaryl/α,β-unsaturated/α-hetero) is 1. The van der Waals surface area contributed by atoms with E-state index in [1.807, 2.05) is 38.1 Å². The molecule has 0 aliphatic heterocycles. The van der Waals surface area contributed by atoms with Gasteiger partial charge in [-0.2, -0.15) is 0 Å². The second-order valence-electron chi connectivity index (χ2n) is 4.75. The second-order valence-corrected chi connectivity index (χ2v) is 4.75. The van der Waals surface area contributed by atoms with Crippen LogP contribution in [0.3, 0.4) is 0 Å². The van der Waals surface area contributed by atoms with E-state index in [9.17, 15) is 4.79 Å². The van der Waals surface area contributed by atoms with Gasteiger partial charge in [-0.15, -0.1) is 0 Å². The van der Waals surface area contributed by atoms with Gasteiger partial charge in [0.1, 0.15) is 5.75 Å². The summed E-state index contributed by atoms with van der Waals surface area (Å²) in [5, 5.41) is 0. The minimum absolute atomic E-state index is 0.0569. The standard InChI is InChI=1S/C15H23NO2/c1-4-7-12(10-16)15(17)13-8-5-6-9-14(13)18-11(2)3/h5-6,8-9,11-12H,4,7,10,16H2,1-3H3. The van der Waals surface area contributed by atoms with Gasteiger partial charge in [-0.25, -0.2) is 0 Å². The molecule has 0 saturated heterocycles. The highest BCUT2D eigenvalue weighted by molar-refractivity contribution is 6.00. The summed E-state index contributed by atoms with van der Waals surface area (Å²) >= 11 is 0. The van der Waals surface area contributed by atoms with Crippen LogP contribution in [-0.2, 0) is 0 Å². The number of rotatable bonds is 7. The van der Waals surface area contributed by atoms with E-state index in [1.165, 1.54) is 0 Å². The smallest absolute Gasteiger partial charge is 0.170 e. The maximum absolute atomic E-state index is 12.4. The molecule has 3 heteroatoms. The Labute approximate surface area is 109 Å². The van der Waals surface area contributed by atoms with Crippen molar-refractivity contribution >= 4 is 5.78 Å². The van der Waals surface area contributed by atoms with Gasteiger partial charge >= 0.3 is 0 Å². The molecule has 100 valence electrons. The number of carbonyl (C=O) groups excluding carboxylic acids is 1. The van der Waals surface area contributed by atoms with E-state index in [0.29, 0.717) is 17.9 Å². The first kappa shape index (κ1) is 14.7. The summed E-state index contributed by atoms with van der Waals surface area (Å²) in [6, 6.07) is 7.40. The minimum atomic E-state index is -0.105. The molecule has 0 radical (unpaired) electrons. The van der Waals surface area contributed by atoms with Crippen LogP contribution in [0.5, 0.6) is 5.75 Å². The van der Waals surface area contributed by atoms with E-state index < -0.39 is 0 Å². The van der Waals surface area contributed by atoms with Crippen LogP contribution in [0.15, 0.2) is 24.3 Å². The molecule has 0 fully saturated rings. The summed E-state index contributed by atoms with van der Waals surface area (Å²) in [6.07, 6.45) is 1.84. The van der Waals surface area contributed by atoms with Crippen LogP contribution in [0.4, 0.5) is 0 Å². The largest absolute Gasteiger partial charge is 0.490 e. The molecule has 1 aromatic rings. The molecule has 1 aromatic carbocycles. The molecular weight excluding hydrogens is 226 g/mol. The maximum Gasteiger partial charge on any atom is 0.170 e. The van der Waals surface area contributed by atoms with Crippen LogP contribution in [-0.4, -0.2) is 18.4 Å². The second kappa shape index (κ2) is 7.17. The molecule has 2 N–H and O–H groups in total.